The monoisotopic (exact) mass is 323 g/mol. The number of carbonyl (C=O) groups is 1. The first-order chi connectivity index (χ1) is 10.5. The van der Waals surface area contributed by atoms with E-state index in [9.17, 15) is 9.90 Å². The van der Waals surface area contributed by atoms with Gasteiger partial charge in [-0.05, 0) is 31.6 Å². The molecule has 5 heteroatoms. The summed E-state index contributed by atoms with van der Waals surface area (Å²) in [6.45, 7) is 3.44. The number of thioether (sulfide) groups is 1. The van der Waals surface area contributed by atoms with Crippen LogP contribution in [0.15, 0.2) is 30.3 Å². The number of hydrogen-bond donors (Lipinski definition) is 1. The van der Waals surface area contributed by atoms with Gasteiger partial charge in [-0.25, -0.2) is 4.79 Å². The SMILES string of the molecule is CSC[C@](C)(O)[C@H]1CCCN(C(=O)OCc2ccccc2)C1. The molecule has 0 aliphatic carbocycles. The highest BCUT2D eigenvalue weighted by Crippen LogP contribution is 2.29. The van der Waals surface area contributed by atoms with Crippen LogP contribution < -0.4 is 0 Å². The van der Waals surface area contributed by atoms with Crippen molar-refractivity contribution >= 4 is 17.9 Å². The molecule has 1 aromatic rings. The van der Waals surface area contributed by atoms with Gasteiger partial charge in [-0.1, -0.05) is 30.3 Å². The number of nitrogens with zero attached hydrogens (tertiary/aromatic N) is 1. The lowest BCUT2D eigenvalue weighted by molar-refractivity contribution is -0.0147. The van der Waals surface area contributed by atoms with Crippen LogP contribution >= 0.6 is 11.8 Å². The topological polar surface area (TPSA) is 49.8 Å². The Balaban J connectivity index is 1.87. The first kappa shape index (κ1) is 17.2. The largest absolute Gasteiger partial charge is 0.445 e. The molecular weight excluding hydrogens is 298 g/mol. The average Bonchev–Trinajstić information content (AvgIpc) is 2.53. The normalized spacial score (nSPS) is 21.2. The fourth-order valence-electron chi connectivity index (χ4n) is 2.87. The van der Waals surface area contributed by atoms with Crippen molar-refractivity contribution in [3.05, 3.63) is 35.9 Å². The average molecular weight is 323 g/mol. The van der Waals surface area contributed by atoms with E-state index in [1.807, 2.05) is 43.5 Å². The van der Waals surface area contributed by atoms with Crippen LogP contribution in [0.25, 0.3) is 0 Å². The van der Waals surface area contributed by atoms with Gasteiger partial charge in [0, 0.05) is 24.8 Å². The third kappa shape index (κ3) is 4.65. The highest BCUT2D eigenvalue weighted by Gasteiger charge is 2.36. The van der Waals surface area contributed by atoms with Crippen molar-refractivity contribution in [3.63, 3.8) is 0 Å². The van der Waals surface area contributed by atoms with Crippen LogP contribution in [0.2, 0.25) is 0 Å². The predicted molar refractivity (Wildman–Crippen MR) is 89.9 cm³/mol. The predicted octanol–water partition coefficient (Wildman–Crippen LogP) is 3.15. The number of piperidine rings is 1. The number of aliphatic hydroxyl groups is 1. The van der Waals surface area contributed by atoms with E-state index < -0.39 is 5.60 Å². The van der Waals surface area contributed by atoms with Gasteiger partial charge in [0.15, 0.2) is 0 Å². The van der Waals surface area contributed by atoms with E-state index in [4.69, 9.17) is 4.74 Å². The van der Waals surface area contributed by atoms with Crippen LogP contribution in [0.4, 0.5) is 4.79 Å². The van der Waals surface area contributed by atoms with Crippen molar-refractivity contribution in [2.24, 2.45) is 5.92 Å². The zero-order valence-corrected chi connectivity index (χ0v) is 14.1. The quantitative estimate of drug-likeness (QED) is 0.904. The molecule has 22 heavy (non-hydrogen) atoms. The molecule has 1 N–H and O–H groups in total. The van der Waals surface area contributed by atoms with Gasteiger partial charge >= 0.3 is 6.09 Å². The second-order valence-electron chi connectivity index (χ2n) is 6.12. The fourth-order valence-corrected chi connectivity index (χ4v) is 3.69. The number of carbonyl (C=O) groups excluding carboxylic acids is 1. The minimum atomic E-state index is -0.738. The zero-order valence-electron chi connectivity index (χ0n) is 13.3. The molecule has 1 heterocycles. The maximum absolute atomic E-state index is 12.2. The first-order valence-corrected chi connectivity index (χ1v) is 9.09. The number of rotatable bonds is 5. The lowest BCUT2D eigenvalue weighted by Gasteiger charge is -2.39. The molecule has 0 bridgehead atoms. The molecule has 4 nitrogen and oxygen atoms in total. The molecule has 0 aromatic heterocycles. The maximum atomic E-state index is 12.2. The second kappa shape index (κ2) is 7.88. The Morgan fingerprint density at radius 1 is 1.45 bits per heavy atom. The van der Waals surface area contributed by atoms with Crippen LogP contribution in [0, 0.1) is 5.92 Å². The number of benzene rings is 1. The highest BCUT2D eigenvalue weighted by molar-refractivity contribution is 7.98. The summed E-state index contributed by atoms with van der Waals surface area (Å²) < 4.78 is 5.39. The molecule has 0 spiro atoms. The molecule has 1 saturated heterocycles. The number of ether oxygens (including phenoxy) is 1. The second-order valence-corrected chi connectivity index (χ2v) is 6.98. The Morgan fingerprint density at radius 3 is 2.86 bits per heavy atom. The summed E-state index contributed by atoms with van der Waals surface area (Å²) in [7, 11) is 0. The molecular formula is C17H25NO3S. The Kier molecular flexibility index (Phi) is 6.15. The van der Waals surface area contributed by atoms with Crippen LogP contribution in [0.3, 0.4) is 0 Å². The van der Waals surface area contributed by atoms with E-state index in [1.54, 1.807) is 16.7 Å². The van der Waals surface area contributed by atoms with Gasteiger partial charge in [0.25, 0.3) is 0 Å². The van der Waals surface area contributed by atoms with Crippen molar-refractivity contribution in [1.82, 2.24) is 4.90 Å². The summed E-state index contributed by atoms with van der Waals surface area (Å²) in [6.07, 6.45) is 3.57. The van der Waals surface area contributed by atoms with E-state index in [0.717, 1.165) is 18.4 Å². The van der Waals surface area contributed by atoms with E-state index >= 15 is 0 Å². The Morgan fingerprint density at radius 2 is 2.18 bits per heavy atom. The molecule has 1 aromatic carbocycles. The molecule has 1 amide bonds. The smallest absolute Gasteiger partial charge is 0.410 e. The van der Waals surface area contributed by atoms with Crippen molar-refractivity contribution in [1.29, 1.82) is 0 Å². The minimum absolute atomic E-state index is 0.109. The van der Waals surface area contributed by atoms with E-state index in [0.29, 0.717) is 25.4 Å². The summed E-state index contributed by atoms with van der Waals surface area (Å²) in [6, 6.07) is 9.68. The van der Waals surface area contributed by atoms with E-state index in [2.05, 4.69) is 0 Å². The lowest BCUT2D eigenvalue weighted by Crippen LogP contribution is -2.49. The summed E-state index contributed by atoms with van der Waals surface area (Å²) in [5.74, 6) is 0.794. The van der Waals surface area contributed by atoms with E-state index in [1.165, 1.54) is 0 Å². The lowest BCUT2D eigenvalue weighted by atomic mass is 9.84. The Labute approximate surface area is 136 Å². The van der Waals surface area contributed by atoms with Gasteiger partial charge in [-0.15, -0.1) is 0 Å². The molecule has 0 radical (unpaired) electrons. The molecule has 1 aliphatic rings. The third-order valence-corrected chi connectivity index (χ3v) is 5.07. The van der Waals surface area contributed by atoms with Gasteiger partial charge in [0.05, 0.1) is 5.60 Å². The maximum Gasteiger partial charge on any atom is 0.410 e. The number of hydrogen-bond acceptors (Lipinski definition) is 4. The summed E-state index contributed by atoms with van der Waals surface area (Å²) in [5, 5.41) is 10.5. The van der Waals surface area contributed by atoms with Crippen molar-refractivity contribution in [2.75, 3.05) is 25.1 Å². The van der Waals surface area contributed by atoms with Crippen LogP contribution in [0.5, 0.6) is 0 Å². The van der Waals surface area contributed by atoms with Crippen molar-refractivity contribution < 1.29 is 14.6 Å². The molecule has 2 rings (SSSR count). The highest BCUT2D eigenvalue weighted by atomic mass is 32.2. The van der Waals surface area contributed by atoms with E-state index in [-0.39, 0.29) is 12.0 Å². The van der Waals surface area contributed by atoms with Gasteiger partial charge in [0.2, 0.25) is 0 Å². The van der Waals surface area contributed by atoms with Crippen LogP contribution in [-0.2, 0) is 11.3 Å². The zero-order chi connectivity index (χ0) is 16.0. The number of amides is 1. The van der Waals surface area contributed by atoms with Gasteiger partial charge in [-0.3, -0.25) is 0 Å². The summed E-state index contributed by atoms with van der Waals surface area (Å²) in [4.78, 5) is 13.9. The first-order valence-electron chi connectivity index (χ1n) is 7.70. The molecule has 122 valence electrons. The van der Waals surface area contributed by atoms with Crippen molar-refractivity contribution in [2.45, 2.75) is 32.0 Å². The van der Waals surface area contributed by atoms with Gasteiger partial charge in [0.1, 0.15) is 6.61 Å². The summed E-state index contributed by atoms with van der Waals surface area (Å²) in [5.41, 5.74) is 0.247. The molecule has 1 fully saturated rings. The van der Waals surface area contributed by atoms with Gasteiger partial charge < -0.3 is 14.7 Å². The number of likely N-dealkylation sites (tertiary alicyclic amines) is 1. The van der Waals surface area contributed by atoms with Crippen LogP contribution in [-0.4, -0.2) is 46.8 Å². The van der Waals surface area contributed by atoms with Crippen LogP contribution in [0.1, 0.15) is 25.3 Å². The van der Waals surface area contributed by atoms with Gasteiger partial charge in [-0.2, -0.15) is 11.8 Å². The Hall–Kier alpha value is -1.20. The molecule has 0 unspecified atom stereocenters. The Bertz CT molecular complexity index is 478. The minimum Gasteiger partial charge on any atom is -0.445 e. The summed E-state index contributed by atoms with van der Waals surface area (Å²) >= 11 is 1.63. The standard InChI is InChI=1S/C17H25NO3S/c1-17(20,13-22-2)15-9-6-10-18(11-15)16(19)21-12-14-7-4-3-5-8-14/h3-5,7-8,15,20H,6,9-13H2,1-2H3/t15-,17-/m0/s1. The third-order valence-electron chi connectivity index (χ3n) is 4.20. The molecule has 0 saturated carbocycles. The van der Waals surface area contributed by atoms with Crippen molar-refractivity contribution in [3.8, 4) is 0 Å². The fraction of sp³-hybridized carbons (Fsp3) is 0.588. The molecule has 1 aliphatic heterocycles. The molecule has 2 atom stereocenters.